The van der Waals surface area contributed by atoms with Gasteiger partial charge in [0.05, 0.1) is 13.2 Å². The number of nitrogens with two attached hydrogens (primary N) is 1. The molecule has 128 valence electrons. The van der Waals surface area contributed by atoms with Crippen LogP contribution in [0.5, 0.6) is 0 Å². The minimum Gasteiger partial charge on any atom is -0.379 e. The van der Waals surface area contributed by atoms with E-state index < -0.39 is 0 Å². The fourth-order valence-electron chi connectivity index (χ4n) is 3.65. The van der Waals surface area contributed by atoms with Gasteiger partial charge in [-0.2, -0.15) is 0 Å². The molecule has 1 saturated heterocycles. The van der Waals surface area contributed by atoms with Crippen LogP contribution in [0.1, 0.15) is 43.5 Å². The van der Waals surface area contributed by atoms with Gasteiger partial charge >= 0.3 is 0 Å². The van der Waals surface area contributed by atoms with E-state index in [9.17, 15) is 0 Å². The lowest BCUT2D eigenvalue weighted by Gasteiger charge is -2.30. The Morgan fingerprint density at radius 1 is 1.17 bits per heavy atom. The van der Waals surface area contributed by atoms with Crippen LogP contribution in [0.3, 0.4) is 0 Å². The van der Waals surface area contributed by atoms with E-state index >= 15 is 0 Å². The summed E-state index contributed by atoms with van der Waals surface area (Å²) in [4.78, 5) is 5.05. The van der Waals surface area contributed by atoms with E-state index in [2.05, 4.69) is 48.8 Å². The minimum atomic E-state index is 0.190. The van der Waals surface area contributed by atoms with Crippen LogP contribution < -0.4 is 5.73 Å². The lowest BCUT2D eigenvalue weighted by Crippen LogP contribution is -2.41. The number of fused-ring (bicyclic) bond motifs is 1. The van der Waals surface area contributed by atoms with Gasteiger partial charge in [0.2, 0.25) is 0 Å². The molecule has 1 aromatic carbocycles. The third-order valence-corrected chi connectivity index (χ3v) is 5.22. The summed E-state index contributed by atoms with van der Waals surface area (Å²) in [5, 5.41) is 0. The molecular weight excluding hydrogens is 286 g/mol. The molecule has 0 amide bonds. The third kappa shape index (κ3) is 3.77. The van der Waals surface area contributed by atoms with Gasteiger partial charge in [-0.1, -0.05) is 39.0 Å². The van der Waals surface area contributed by atoms with Crippen molar-refractivity contribution in [3.05, 3.63) is 34.9 Å². The summed E-state index contributed by atoms with van der Waals surface area (Å²) in [6, 6.07) is 7.36. The number of hydrogen-bond acceptors (Lipinski definition) is 4. The molecule has 0 aromatic heterocycles. The number of nitrogens with zero attached hydrogens (tertiary/aromatic N) is 2. The van der Waals surface area contributed by atoms with E-state index in [1.807, 2.05) is 0 Å². The maximum absolute atomic E-state index is 6.13. The van der Waals surface area contributed by atoms with Crippen LogP contribution in [0.2, 0.25) is 0 Å². The Balaban J connectivity index is 1.69. The fraction of sp³-hybridized carbons (Fsp3) is 0.684. The summed E-state index contributed by atoms with van der Waals surface area (Å²) in [5.74, 6) is 0. The Kier molecular flexibility index (Phi) is 5.07. The molecule has 2 heterocycles. The van der Waals surface area contributed by atoms with Crippen molar-refractivity contribution in [3.8, 4) is 0 Å². The second-order valence-corrected chi connectivity index (χ2v) is 7.84. The van der Waals surface area contributed by atoms with Gasteiger partial charge in [0, 0.05) is 45.3 Å². The predicted molar refractivity (Wildman–Crippen MR) is 94.6 cm³/mol. The number of morpholine rings is 1. The molecule has 2 N–H and O–H groups in total. The lowest BCUT2D eigenvalue weighted by atomic mass is 9.85. The molecule has 1 unspecified atom stereocenters. The summed E-state index contributed by atoms with van der Waals surface area (Å²) in [6.07, 6.45) is 0. The van der Waals surface area contributed by atoms with Gasteiger partial charge in [0.15, 0.2) is 0 Å². The molecule has 2 aliphatic rings. The topological polar surface area (TPSA) is 41.7 Å². The molecule has 2 aliphatic heterocycles. The van der Waals surface area contributed by atoms with E-state index in [4.69, 9.17) is 10.5 Å². The van der Waals surface area contributed by atoms with E-state index in [1.54, 1.807) is 0 Å². The molecule has 4 heteroatoms. The Morgan fingerprint density at radius 2 is 1.91 bits per heavy atom. The quantitative estimate of drug-likeness (QED) is 0.924. The predicted octanol–water partition coefficient (Wildman–Crippen LogP) is 2.13. The zero-order chi connectivity index (χ0) is 16.4. The van der Waals surface area contributed by atoms with Gasteiger partial charge in [0.25, 0.3) is 0 Å². The summed E-state index contributed by atoms with van der Waals surface area (Å²) in [6.45, 7) is 14.6. The average Bonchev–Trinajstić information content (AvgIpc) is 2.89. The first-order valence-corrected chi connectivity index (χ1v) is 8.86. The van der Waals surface area contributed by atoms with Gasteiger partial charge in [-0.05, 0) is 22.1 Å². The Labute approximate surface area is 140 Å². The number of hydrogen-bond donors (Lipinski definition) is 1. The van der Waals surface area contributed by atoms with Gasteiger partial charge in [-0.25, -0.2) is 0 Å². The van der Waals surface area contributed by atoms with E-state index in [1.165, 1.54) is 16.7 Å². The first-order chi connectivity index (χ1) is 11.0. The standard InChI is InChI=1S/C19H31N3O/c1-19(2,3)16-5-4-15-14-22(18(13-20)17(15)12-16)7-6-21-8-10-23-11-9-21/h4-5,12,18H,6-11,13-14,20H2,1-3H3. The first kappa shape index (κ1) is 16.9. The van der Waals surface area contributed by atoms with E-state index in [-0.39, 0.29) is 5.41 Å². The second-order valence-electron chi connectivity index (χ2n) is 7.84. The van der Waals surface area contributed by atoms with Gasteiger partial charge in [-0.15, -0.1) is 0 Å². The van der Waals surface area contributed by atoms with Crippen LogP contribution in [0.15, 0.2) is 18.2 Å². The molecule has 0 spiro atoms. The maximum Gasteiger partial charge on any atom is 0.0594 e. The second kappa shape index (κ2) is 6.89. The smallest absolute Gasteiger partial charge is 0.0594 e. The highest BCUT2D eigenvalue weighted by molar-refractivity contribution is 5.40. The molecule has 0 aliphatic carbocycles. The largest absolute Gasteiger partial charge is 0.379 e. The maximum atomic E-state index is 6.13. The van der Waals surface area contributed by atoms with Crippen LogP contribution in [0, 0.1) is 0 Å². The minimum absolute atomic E-state index is 0.190. The van der Waals surface area contributed by atoms with Crippen LogP contribution in [0.25, 0.3) is 0 Å². The Hall–Kier alpha value is -0.940. The SMILES string of the molecule is CC(C)(C)c1ccc2c(c1)C(CN)N(CCN1CCOCC1)C2. The van der Waals surface area contributed by atoms with E-state index in [0.717, 1.165) is 45.9 Å². The Bertz CT molecular complexity index is 532. The highest BCUT2D eigenvalue weighted by Gasteiger charge is 2.30. The summed E-state index contributed by atoms with van der Waals surface area (Å²) >= 11 is 0. The molecule has 23 heavy (non-hydrogen) atoms. The van der Waals surface area contributed by atoms with Gasteiger partial charge in [0.1, 0.15) is 0 Å². The number of benzene rings is 1. The summed E-state index contributed by atoms with van der Waals surface area (Å²) < 4.78 is 5.43. The van der Waals surface area contributed by atoms with Gasteiger partial charge in [-0.3, -0.25) is 9.80 Å². The normalized spacial score (nSPS) is 23.2. The zero-order valence-corrected chi connectivity index (χ0v) is 14.8. The van der Waals surface area contributed by atoms with Crippen LogP contribution in [-0.2, 0) is 16.7 Å². The molecule has 1 fully saturated rings. The van der Waals surface area contributed by atoms with Gasteiger partial charge < -0.3 is 10.5 Å². The monoisotopic (exact) mass is 317 g/mol. The average molecular weight is 317 g/mol. The van der Waals surface area contributed by atoms with Crippen molar-refractivity contribution in [2.24, 2.45) is 5.73 Å². The van der Waals surface area contributed by atoms with Crippen molar-refractivity contribution < 1.29 is 4.74 Å². The van der Waals surface area contributed by atoms with Crippen molar-refractivity contribution in [1.82, 2.24) is 9.80 Å². The van der Waals surface area contributed by atoms with Crippen LogP contribution in [0.4, 0.5) is 0 Å². The molecule has 0 radical (unpaired) electrons. The molecule has 1 aromatic rings. The molecule has 4 nitrogen and oxygen atoms in total. The Morgan fingerprint density at radius 3 is 2.57 bits per heavy atom. The van der Waals surface area contributed by atoms with Crippen molar-refractivity contribution in [2.75, 3.05) is 45.9 Å². The molecule has 1 atom stereocenters. The number of rotatable bonds is 4. The molecule has 0 bridgehead atoms. The molecular formula is C19H31N3O. The highest BCUT2D eigenvalue weighted by atomic mass is 16.5. The fourth-order valence-corrected chi connectivity index (χ4v) is 3.65. The first-order valence-electron chi connectivity index (χ1n) is 8.86. The highest BCUT2D eigenvalue weighted by Crippen LogP contribution is 2.35. The van der Waals surface area contributed by atoms with Crippen molar-refractivity contribution in [1.29, 1.82) is 0 Å². The van der Waals surface area contributed by atoms with Crippen molar-refractivity contribution in [3.63, 3.8) is 0 Å². The lowest BCUT2D eigenvalue weighted by molar-refractivity contribution is 0.0314. The number of ether oxygens (including phenoxy) is 1. The van der Waals surface area contributed by atoms with Crippen LogP contribution in [-0.4, -0.2) is 55.7 Å². The third-order valence-electron chi connectivity index (χ3n) is 5.22. The molecule has 0 saturated carbocycles. The molecule has 3 rings (SSSR count). The summed E-state index contributed by atoms with van der Waals surface area (Å²) in [5.41, 5.74) is 10.6. The summed E-state index contributed by atoms with van der Waals surface area (Å²) in [7, 11) is 0. The van der Waals surface area contributed by atoms with Crippen LogP contribution >= 0.6 is 0 Å². The van der Waals surface area contributed by atoms with Crippen molar-refractivity contribution in [2.45, 2.75) is 38.8 Å². The zero-order valence-electron chi connectivity index (χ0n) is 14.8. The van der Waals surface area contributed by atoms with E-state index in [0.29, 0.717) is 12.6 Å². The van der Waals surface area contributed by atoms with Crippen molar-refractivity contribution >= 4 is 0 Å².